The highest BCUT2D eigenvalue weighted by atomic mass is 16.2. The molecule has 85 valence electrons. The second kappa shape index (κ2) is 4.67. The highest BCUT2D eigenvalue weighted by Gasteiger charge is 2.00. The molecule has 0 fully saturated rings. The molecule has 0 amide bonds. The molecule has 0 bridgehead atoms. The van der Waals surface area contributed by atoms with Gasteiger partial charge in [-0.25, -0.2) is 0 Å². The smallest absolute Gasteiger partial charge is 0.326 e. The van der Waals surface area contributed by atoms with Crippen molar-refractivity contribution in [1.29, 1.82) is 0 Å². The van der Waals surface area contributed by atoms with E-state index in [2.05, 4.69) is 30.3 Å². The Balaban J connectivity index is 2.12. The van der Waals surface area contributed by atoms with Gasteiger partial charge in [-0.05, 0) is 28.0 Å². The molecule has 0 saturated heterocycles. The molecule has 0 spiro atoms. The van der Waals surface area contributed by atoms with Crippen LogP contribution >= 0.6 is 0 Å². The molecule has 1 nitrogen and oxygen atoms in total. The Morgan fingerprint density at radius 2 is 1.39 bits per heavy atom. The lowest BCUT2D eigenvalue weighted by Crippen LogP contribution is -2.12. The van der Waals surface area contributed by atoms with E-state index in [9.17, 15) is 0 Å². The second-order valence-electron chi connectivity index (χ2n) is 4.32. The minimum absolute atomic E-state index is 0.829. The minimum Gasteiger partial charge on any atom is -0.450 e. The average molecular weight is 231 g/mol. The first-order valence-corrected chi connectivity index (χ1v) is 5.93. The van der Waals surface area contributed by atoms with Gasteiger partial charge in [0.1, 0.15) is 0 Å². The molecule has 0 aliphatic carbocycles. The highest BCUT2D eigenvalue weighted by molar-refractivity contribution is 6.46. The van der Waals surface area contributed by atoms with E-state index in [4.69, 9.17) is 5.02 Å². The van der Waals surface area contributed by atoms with Gasteiger partial charge in [0.15, 0.2) is 0 Å². The van der Waals surface area contributed by atoms with Gasteiger partial charge in [-0.15, -0.1) is 0 Å². The van der Waals surface area contributed by atoms with Crippen molar-refractivity contribution in [1.82, 2.24) is 0 Å². The van der Waals surface area contributed by atoms with Crippen molar-refractivity contribution in [3.8, 4) is 11.1 Å². The zero-order valence-corrected chi connectivity index (χ0v) is 9.88. The quantitative estimate of drug-likeness (QED) is 0.672. The summed E-state index contributed by atoms with van der Waals surface area (Å²) in [5.41, 5.74) is 3.26. The van der Waals surface area contributed by atoms with Crippen LogP contribution in [0.4, 0.5) is 0 Å². The third-order valence-corrected chi connectivity index (χ3v) is 3.12. The first-order chi connectivity index (χ1) is 8.86. The highest BCUT2D eigenvalue weighted by Crippen LogP contribution is 2.23. The average Bonchev–Trinajstić information content (AvgIpc) is 2.47. The Kier molecular flexibility index (Phi) is 2.87. The Morgan fingerprint density at radius 1 is 0.667 bits per heavy atom. The third kappa shape index (κ3) is 2.03. The number of benzene rings is 3. The van der Waals surface area contributed by atoms with Gasteiger partial charge in [0.05, 0.1) is 0 Å². The lowest BCUT2D eigenvalue weighted by Gasteiger charge is -2.05. The molecule has 0 aliphatic rings. The summed E-state index contributed by atoms with van der Waals surface area (Å²) in [4.78, 5) is 0. The fourth-order valence-corrected chi connectivity index (χ4v) is 2.15. The predicted molar refractivity (Wildman–Crippen MR) is 77.0 cm³/mol. The molecule has 0 aromatic heterocycles. The van der Waals surface area contributed by atoms with Crippen LogP contribution in [0.25, 0.3) is 21.9 Å². The van der Waals surface area contributed by atoms with Crippen molar-refractivity contribution in [2.45, 2.75) is 0 Å². The largest absolute Gasteiger partial charge is 0.450 e. The zero-order valence-electron chi connectivity index (χ0n) is 9.88. The number of rotatable bonds is 2. The molecular weight excluding hydrogens is 219 g/mol. The molecule has 0 unspecified atom stereocenters. The fourth-order valence-electron chi connectivity index (χ4n) is 2.15. The van der Waals surface area contributed by atoms with Crippen LogP contribution in [-0.2, 0) is 0 Å². The first kappa shape index (κ1) is 11.1. The lowest BCUT2D eigenvalue weighted by atomic mass is 9.87. The van der Waals surface area contributed by atoms with Crippen molar-refractivity contribution < 1.29 is 5.02 Å². The fraction of sp³-hybridized carbons (Fsp3) is 0. The first-order valence-electron chi connectivity index (χ1n) is 5.93. The van der Waals surface area contributed by atoms with Gasteiger partial charge >= 0.3 is 7.48 Å². The van der Waals surface area contributed by atoms with Gasteiger partial charge in [-0.1, -0.05) is 66.1 Å². The molecule has 2 heteroatoms. The van der Waals surface area contributed by atoms with Crippen LogP contribution < -0.4 is 5.46 Å². The topological polar surface area (TPSA) is 20.2 Å². The Bertz CT molecular complexity index is 677. The SMILES string of the molecule is O[B]c1ccc2cc(-c3ccccc3)ccc2c1. The van der Waals surface area contributed by atoms with Gasteiger partial charge in [-0.3, -0.25) is 0 Å². The standard InChI is InChI=1S/C16H12BO/c18-17-16-9-8-14-10-13(6-7-15(14)11-16)12-4-2-1-3-5-12/h1-11,18H. The van der Waals surface area contributed by atoms with Gasteiger partial charge in [0, 0.05) is 0 Å². The number of hydrogen-bond donors (Lipinski definition) is 1. The van der Waals surface area contributed by atoms with Crippen molar-refractivity contribution in [3.63, 3.8) is 0 Å². The van der Waals surface area contributed by atoms with Gasteiger partial charge in [0.2, 0.25) is 0 Å². The van der Waals surface area contributed by atoms with Crippen LogP contribution in [0.2, 0.25) is 0 Å². The molecule has 18 heavy (non-hydrogen) atoms. The molecule has 0 saturated carbocycles. The van der Waals surface area contributed by atoms with Crippen LogP contribution in [0, 0.1) is 0 Å². The van der Waals surface area contributed by atoms with Crippen LogP contribution in [0.15, 0.2) is 66.7 Å². The Labute approximate surface area is 107 Å². The summed E-state index contributed by atoms with van der Waals surface area (Å²) < 4.78 is 0. The molecule has 3 aromatic rings. The summed E-state index contributed by atoms with van der Waals surface area (Å²) in [5.74, 6) is 0. The minimum atomic E-state index is 0.829. The maximum atomic E-state index is 9.00. The summed E-state index contributed by atoms with van der Waals surface area (Å²) >= 11 is 0. The molecule has 0 atom stereocenters. The van der Waals surface area contributed by atoms with Gasteiger partial charge < -0.3 is 5.02 Å². The van der Waals surface area contributed by atoms with E-state index in [-0.39, 0.29) is 0 Å². The van der Waals surface area contributed by atoms with E-state index in [1.807, 2.05) is 36.4 Å². The van der Waals surface area contributed by atoms with E-state index >= 15 is 0 Å². The van der Waals surface area contributed by atoms with E-state index in [1.54, 1.807) is 0 Å². The van der Waals surface area contributed by atoms with Gasteiger partial charge in [-0.2, -0.15) is 0 Å². The van der Waals surface area contributed by atoms with E-state index in [0.717, 1.165) is 18.3 Å². The van der Waals surface area contributed by atoms with Gasteiger partial charge in [0.25, 0.3) is 0 Å². The van der Waals surface area contributed by atoms with Crippen molar-refractivity contribution in [3.05, 3.63) is 66.7 Å². The van der Waals surface area contributed by atoms with Crippen LogP contribution in [0.3, 0.4) is 0 Å². The van der Waals surface area contributed by atoms with Crippen molar-refractivity contribution in [2.75, 3.05) is 0 Å². The molecule has 0 heterocycles. The zero-order chi connectivity index (χ0) is 12.4. The van der Waals surface area contributed by atoms with E-state index in [1.165, 1.54) is 16.5 Å². The van der Waals surface area contributed by atoms with Crippen LogP contribution in [0.5, 0.6) is 0 Å². The maximum absolute atomic E-state index is 9.00. The Hall–Kier alpha value is -2.06. The second-order valence-corrected chi connectivity index (χ2v) is 4.32. The molecule has 3 rings (SSSR count). The normalized spacial score (nSPS) is 10.5. The number of hydrogen-bond acceptors (Lipinski definition) is 1. The molecule has 1 radical (unpaired) electrons. The van der Waals surface area contributed by atoms with Crippen molar-refractivity contribution in [2.24, 2.45) is 0 Å². The summed E-state index contributed by atoms with van der Waals surface area (Å²) in [6, 6.07) is 22.6. The molecular formula is C16H12BO. The van der Waals surface area contributed by atoms with Crippen LogP contribution in [0.1, 0.15) is 0 Å². The predicted octanol–water partition coefficient (Wildman–Crippen LogP) is 2.74. The summed E-state index contributed by atoms with van der Waals surface area (Å²) in [6.07, 6.45) is 0. The summed E-state index contributed by atoms with van der Waals surface area (Å²) in [5, 5.41) is 11.3. The summed E-state index contributed by atoms with van der Waals surface area (Å²) in [6.45, 7) is 0. The molecule has 3 aromatic carbocycles. The summed E-state index contributed by atoms with van der Waals surface area (Å²) in [7, 11) is 1.13. The molecule has 1 N–H and O–H groups in total. The van der Waals surface area contributed by atoms with E-state index in [0.29, 0.717) is 0 Å². The Morgan fingerprint density at radius 3 is 2.17 bits per heavy atom. The van der Waals surface area contributed by atoms with Crippen molar-refractivity contribution >= 4 is 23.7 Å². The lowest BCUT2D eigenvalue weighted by molar-refractivity contribution is 0.615. The maximum Gasteiger partial charge on any atom is 0.326 e. The monoisotopic (exact) mass is 231 g/mol. The third-order valence-electron chi connectivity index (χ3n) is 3.12. The molecule has 0 aliphatic heterocycles. The van der Waals surface area contributed by atoms with E-state index < -0.39 is 0 Å². The number of fused-ring (bicyclic) bond motifs is 1. The van der Waals surface area contributed by atoms with Crippen LogP contribution in [-0.4, -0.2) is 12.5 Å².